The van der Waals surface area contributed by atoms with Gasteiger partial charge < -0.3 is 9.84 Å². The van der Waals surface area contributed by atoms with Crippen LogP contribution in [0.5, 0.6) is 5.75 Å². The summed E-state index contributed by atoms with van der Waals surface area (Å²) < 4.78 is 5.21. The lowest BCUT2D eigenvalue weighted by atomic mass is 10.0. The van der Waals surface area contributed by atoms with E-state index in [9.17, 15) is 9.90 Å². The van der Waals surface area contributed by atoms with E-state index < -0.39 is 5.97 Å². The number of para-hydroxylation sites is 1. The van der Waals surface area contributed by atoms with E-state index in [0.717, 1.165) is 5.56 Å². The lowest BCUT2D eigenvalue weighted by Gasteiger charge is -2.09. The molecule has 0 amide bonds. The van der Waals surface area contributed by atoms with Crippen molar-refractivity contribution in [3.63, 3.8) is 0 Å². The molecule has 0 fully saturated rings. The number of hydrogen-bond donors (Lipinski definition) is 1. The topological polar surface area (TPSA) is 46.5 Å². The van der Waals surface area contributed by atoms with E-state index in [0.29, 0.717) is 11.3 Å². The number of benzene rings is 2. The first kappa shape index (κ1) is 12.9. The molecule has 0 aliphatic carbocycles. The van der Waals surface area contributed by atoms with Crippen molar-refractivity contribution in [2.45, 2.75) is 0 Å². The van der Waals surface area contributed by atoms with Crippen molar-refractivity contribution >= 4 is 17.6 Å². The molecule has 2 rings (SSSR count). The SMILES string of the molecule is COc1ccccc1/C(=C/c1ccccc1)C(=O)O. The van der Waals surface area contributed by atoms with Gasteiger partial charge in [0.2, 0.25) is 0 Å². The molecule has 0 aromatic heterocycles. The fraction of sp³-hybridized carbons (Fsp3) is 0.0625. The minimum Gasteiger partial charge on any atom is -0.496 e. The van der Waals surface area contributed by atoms with Gasteiger partial charge in [-0.2, -0.15) is 0 Å². The normalized spacial score (nSPS) is 11.1. The third-order valence-electron chi connectivity index (χ3n) is 2.74. The van der Waals surface area contributed by atoms with Gasteiger partial charge in [-0.15, -0.1) is 0 Å². The second kappa shape index (κ2) is 5.87. The van der Waals surface area contributed by atoms with Crippen molar-refractivity contribution < 1.29 is 14.6 Å². The highest BCUT2D eigenvalue weighted by Gasteiger charge is 2.14. The average Bonchev–Trinajstić information content (AvgIpc) is 2.45. The summed E-state index contributed by atoms with van der Waals surface area (Å²) in [5, 5.41) is 9.38. The van der Waals surface area contributed by atoms with Crippen molar-refractivity contribution in [1.29, 1.82) is 0 Å². The summed E-state index contributed by atoms with van der Waals surface area (Å²) in [7, 11) is 1.53. The number of hydrogen-bond acceptors (Lipinski definition) is 2. The zero-order valence-electron chi connectivity index (χ0n) is 10.5. The maximum Gasteiger partial charge on any atom is 0.336 e. The van der Waals surface area contributed by atoms with E-state index in [-0.39, 0.29) is 5.57 Å². The molecule has 0 atom stereocenters. The van der Waals surface area contributed by atoms with Gasteiger partial charge in [0, 0.05) is 5.56 Å². The smallest absolute Gasteiger partial charge is 0.336 e. The molecule has 19 heavy (non-hydrogen) atoms. The monoisotopic (exact) mass is 254 g/mol. The number of carboxylic acid groups (broad SMARTS) is 1. The Bertz CT molecular complexity index is 600. The standard InChI is InChI=1S/C16H14O3/c1-19-15-10-6-5-9-13(15)14(16(17)18)11-12-7-3-2-4-8-12/h2-11H,1H3,(H,17,18)/b14-11-. The Morgan fingerprint density at radius 1 is 1.05 bits per heavy atom. The molecule has 0 unspecified atom stereocenters. The van der Waals surface area contributed by atoms with Crippen LogP contribution < -0.4 is 4.74 Å². The zero-order valence-corrected chi connectivity index (χ0v) is 10.5. The van der Waals surface area contributed by atoms with Gasteiger partial charge in [-0.3, -0.25) is 0 Å². The number of ether oxygens (including phenoxy) is 1. The van der Waals surface area contributed by atoms with Gasteiger partial charge >= 0.3 is 5.97 Å². The molecule has 0 aliphatic heterocycles. The minimum atomic E-state index is -0.978. The van der Waals surface area contributed by atoms with Gasteiger partial charge in [0.1, 0.15) is 5.75 Å². The molecule has 2 aromatic carbocycles. The molecule has 0 heterocycles. The van der Waals surface area contributed by atoms with Crippen LogP contribution in [0.2, 0.25) is 0 Å². The molecule has 0 bridgehead atoms. The maximum atomic E-state index is 11.4. The van der Waals surface area contributed by atoms with Crippen molar-refractivity contribution in [2.24, 2.45) is 0 Å². The van der Waals surface area contributed by atoms with Crippen LogP contribution in [0.15, 0.2) is 54.6 Å². The molecule has 96 valence electrons. The highest BCUT2D eigenvalue weighted by Crippen LogP contribution is 2.27. The fourth-order valence-electron chi connectivity index (χ4n) is 1.84. The molecule has 0 radical (unpaired) electrons. The van der Waals surface area contributed by atoms with Crippen LogP contribution in [0.3, 0.4) is 0 Å². The van der Waals surface area contributed by atoms with Gasteiger partial charge in [-0.05, 0) is 17.7 Å². The quantitative estimate of drug-likeness (QED) is 0.672. The summed E-state index contributed by atoms with van der Waals surface area (Å²) in [6.45, 7) is 0. The van der Waals surface area contributed by atoms with Crippen LogP contribution in [0.4, 0.5) is 0 Å². The third kappa shape index (κ3) is 3.01. The molecular weight excluding hydrogens is 240 g/mol. The Balaban J connectivity index is 2.52. The third-order valence-corrected chi connectivity index (χ3v) is 2.74. The van der Waals surface area contributed by atoms with E-state index >= 15 is 0 Å². The molecule has 1 N–H and O–H groups in total. The first-order valence-electron chi connectivity index (χ1n) is 5.86. The summed E-state index contributed by atoms with van der Waals surface area (Å²) in [4.78, 5) is 11.4. The molecule has 3 heteroatoms. The number of carboxylic acids is 1. The van der Waals surface area contributed by atoms with E-state index in [1.807, 2.05) is 36.4 Å². The summed E-state index contributed by atoms with van der Waals surface area (Å²) in [5.41, 5.74) is 1.62. The van der Waals surface area contributed by atoms with Gasteiger partial charge in [-0.25, -0.2) is 4.79 Å². The number of methoxy groups -OCH3 is 1. The highest BCUT2D eigenvalue weighted by molar-refractivity contribution is 6.21. The van der Waals surface area contributed by atoms with Crippen LogP contribution in [-0.4, -0.2) is 18.2 Å². The first-order chi connectivity index (χ1) is 9.22. The number of aliphatic carboxylic acids is 1. The first-order valence-corrected chi connectivity index (χ1v) is 5.86. The van der Waals surface area contributed by atoms with Crippen molar-refractivity contribution in [3.8, 4) is 5.75 Å². The van der Waals surface area contributed by atoms with E-state index in [1.54, 1.807) is 24.3 Å². The molecule has 3 nitrogen and oxygen atoms in total. The van der Waals surface area contributed by atoms with Crippen LogP contribution in [0.25, 0.3) is 11.6 Å². The molecular formula is C16H14O3. The predicted octanol–water partition coefficient (Wildman–Crippen LogP) is 3.32. The van der Waals surface area contributed by atoms with E-state index in [2.05, 4.69) is 0 Å². The summed E-state index contributed by atoms with van der Waals surface area (Å²) in [6, 6.07) is 16.4. The van der Waals surface area contributed by atoms with Crippen molar-refractivity contribution in [3.05, 3.63) is 65.7 Å². The Morgan fingerprint density at radius 3 is 2.32 bits per heavy atom. The second-order valence-electron chi connectivity index (χ2n) is 3.97. The van der Waals surface area contributed by atoms with Gasteiger partial charge in [-0.1, -0.05) is 48.5 Å². The summed E-state index contributed by atoms with van der Waals surface area (Å²) >= 11 is 0. The zero-order chi connectivity index (χ0) is 13.7. The predicted molar refractivity (Wildman–Crippen MR) is 74.9 cm³/mol. The Morgan fingerprint density at radius 2 is 1.68 bits per heavy atom. The van der Waals surface area contributed by atoms with Crippen LogP contribution in [0.1, 0.15) is 11.1 Å². The molecule has 0 saturated heterocycles. The van der Waals surface area contributed by atoms with Crippen LogP contribution in [-0.2, 0) is 4.79 Å². The number of rotatable bonds is 4. The largest absolute Gasteiger partial charge is 0.496 e. The van der Waals surface area contributed by atoms with Crippen LogP contribution in [0, 0.1) is 0 Å². The highest BCUT2D eigenvalue weighted by atomic mass is 16.5. The van der Waals surface area contributed by atoms with Gasteiger partial charge in [0.05, 0.1) is 12.7 Å². The Labute approximate surface area is 111 Å². The van der Waals surface area contributed by atoms with Crippen LogP contribution >= 0.6 is 0 Å². The van der Waals surface area contributed by atoms with Gasteiger partial charge in [0.25, 0.3) is 0 Å². The lowest BCUT2D eigenvalue weighted by molar-refractivity contribution is -0.130. The minimum absolute atomic E-state index is 0.212. The molecule has 2 aromatic rings. The Hall–Kier alpha value is -2.55. The van der Waals surface area contributed by atoms with Gasteiger partial charge in [0.15, 0.2) is 0 Å². The van der Waals surface area contributed by atoms with Crippen molar-refractivity contribution in [2.75, 3.05) is 7.11 Å². The Kier molecular flexibility index (Phi) is 3.98. The average molecular weight is 254 g/mol. The number of carbonyl (C=O) groups is 1. The van der Waals surface area contributed by atoms with Crippen molar-refractivity contribution in [1.82, 2.24) is 0 Å². The fourth-order valence-corrected chi connectivity index (χ4v) is 1.84. The molecule has 0 aliphatic rings. The van der Waals surface area contributed by atoms with E-state index in [4.69, 9.17) is 4.74 Å². The molecule has 0 spiro atoms. The summed E-state index contributed by atoms with van der Waals surface area (Å²) in [6.07, 6.45) is 1.64. The molecule has 0 saturated carbocycles. The van der Waals surface area contributed by atoms with E-state index in [1.165, 1.54) is 7.11 Å². The lowest BCUT2D eigenvalue weighted by Crippen LogP contribution is -2.01. The summed E-state index contributed by atoms with van der Waals surface area (Å²) in [5.74, 6) is -0.430. The second-order valence-corrected chi connectivity index (χ2v) is 3.97. The maximum absolute atomic E-state index is 11.4.